The van der Waals surface area contributed by atoms with Crippen LogP contribution in [0.2, 0.25) is 0 Å². The number of rotatable bonds is 2. The van der Waals surface area contributed by atoms with Gasteiger partial charge in [-0.05, 0) is 6.42 Å². The molecular weight excluding hydrogens is 164 g/mol. The second-order valence-corrected chi connectivity index (χ2v) is 4.06. The standard InChI is InChI=1S/C6H12N2O2S/c1-11(10)8-3-2-5(4-8)6(7)9/h5H,2-4H2,1H3,(H2,7,9). The molecule has 0 saturated carbocycles. The van der Waals surface area contributed by atoms with E-state index < -0.39 is 11.0 Å². The molecule has 1 saturated heterocycles. The Morgan fingerprint density at radius 3 is 2.64 bits per heavy atom. The third-order valence-electron chi connectivity index (χ3n) is 1.92. The van der Waals surface area contributed by atoms with Gasteiger partial charge in [0.15, 0.2) is 0 Å². The van der Waals surface area contributed by atoms with Crippen molar-refractivity contribution in [3.8, 4) is 0 Å². The third-order valence-corrected chi connectivity index (χ3v) is 2.98. The van der Waals surface area contributed by atoms with Crippen LogP contribution in [0.5, 0.6) is 0 Å². The minimum Gasteiger partial charge on any atom is -0.369 e. The average Bonchev–Trinajstić information content (AvgIpc) is 2.33. The lowest BCUT2D eigenvalue weighted by Crippen LogP contribution is -2.28. The number of nitrogens with two attached hydrogens (primary N) is 1. The van der Waals surface area contributed by atoms with Crippen molar-refractivity contribution in [2.24, 2.45) is 11.7 Å². The minimum atomic E-state index is -0.953. The predicted octanol–water partition coefficient (Wildman–Crippen LogP) is -0.913. The summed E-state index contributed by atoms with van der Waals surface area (Å²) in [6.07, 6.45) is 2.36. The Morgan fingerprint density at radius 1 is 1.73 bits per heavy atom. The largest absolute Gasteiger partial charge is 0.369 e. The summed E-state index contributed by atoms with van der Waals surface area (Å²) in [6, 6.07) is 0. The summed E-state index contributed by atoms with van der Waals surface area (Å²) in [7, 11) is -0.953. The quantitative estimate of drug-likeness (QED) is 0.592. The maximum absolute atomic E-state index is 10.9. The van der Waals surface area contributed by atoms with Crippen LogP contribution in [0.3, 0.4) is 0 Å². The monoisotopic (exact) mass is 176 g/mol. The van der Waals surface area contributed by atoms with Gasteiger partial charge in [0.2, 0.25) is 5.91 Å². The SMILES string of the molecule is CS(=O)N1CCC(C(N)=O)C1. The zero-order valence-corrected chi connectivity index (χ0v) is 7.26. The predicted molar refractivity (Wildman–Crippen MR) is 42.9 cm³/mol. The van der Waals surface area contributed by atoms with Crippen molar-refractivity contribution in [3.63, 3.8) is 0 Å². The first kappa shape index (κ1) is 8.67. The van der Waals surface area contributed by atoms with Crippen LogP contribution in [0.4, 0.5) is 0 Å². The molecule has 0 aromatic rings. The molecule has 0 spiro atoms. The molecule has 1 fully saturated rings. The summed E-state index contributed by atoms with van der Waals surface area (Å²) < 4.78 is 12.7. The molecule has 1 aliphatic heterocycles. The lowest BCUT2D eigenvalue weighted by Gasteiger charge is -2.09. The molecule has 4 nitrogen and oxygen atoms in total. The Balaban J connectivity index is 2.47. The lowest BCUT2D eigenvalue weighted by atomic mass is 10.1. The minimum absolute atomic E-state index is 0.0982. The normalized spacial score (nSPS) is 28.6. The molecule has 2 atom stereocenters. The highest BCUT2D eigenvalue weighted by atomic mass is 32.2. The van der Waals surface area contributed by atoms with Crippen LogP contribution in [0.15, 0.2) is 0 Å². The van der Waals surface area contributed by atoms with Crippen molar-refractivity contribution in [3.05, 3.63) is 0 Å². The van der Waals surface area contributed by atoms with Gasteiger partial charge in [0.1, 0.15) is 0 Å². The van der Waals surface area contributed by atoms with Gasteiger partial charge in [0.05, 0.1) is 16.9 Å². The molecule has 0 radical (unpaired) electrons. The third kappa shape index (κ3) is 2.00. The fraction of sp³-hybridized carbons (Fsp3) is 0.833. The highest BCUT2D eigenvalue weighted by molar-refractivity contribution is 7.81. The van der Waals surface area contributed by atoms with Gasteiger partial charge in [0.25, 0.3) is 0 Å². The summed E-state index contributed by atoms with van der Waals surface area (Å²) in [4.78, 5) is 10.7. The first-order valence-corrected chi connectivity index (χ1v) is 5.00. The van der Waals surface area contributed by atoms with Crippen LogP contribution in [0.1, 0.15) is 6.42 Å². The molecule has 1 heterocycles. The van der Waals surface area contributed by atoms with Gasteiger partial charge in [0, 0.05) is 19.3 Å². The molecule has 1 rings (SSSR count). The summed E-state index contributed by atoms with van der Waals surface area (Å²) >= 11 is 0. The molecule has 0 aromatic carbocycles. The van der Waals surface area contributed by atoms with Gasteiger partial charge in [-0.3, -0.25) is 4.79 Å². The van der Waals surface area contributed by atoms with Crippen LogP contribution in [0, 0.1) is 5.92 Å². The van der Waals surface area contributed by atoms with Crippen molar-refractivity contribution in [2.75, 3.05) is 19.3 Å². The van der Waals surface area contributed by atoms with Crippen molar-refractivity contribution in [1.29, 1.82) is 0 Å². The Morgan fingerprint density at radius 2 is 2.36 bits per heavy atom. The van der Waals surface area contributed by atoms with Crippen LogP contribution < -0.4 is 5.73 Å². The zero-order valence-electron chi connectivity index (χ0n) is 6.45. The van der Waals surface area contributed by atoms with Gasteiger partial charge in [-0.15, -0.1) is 0 Å². The molecule has 11 heavy (non-hydrogen) atoms. The van der Waals surface area contributed by atoms with E-state index in [1.165, 1.54) is 0 Å². The molecular formula is C6H12N2O2S. The summed E-state index contributed by atoms with van der Waals surface area (Å²) in [5, 5.41) is 0. The first-order chi connectivity index (χ1) is 5.11. The molecule has 64 valence electrons. The average molecular weight is 176 g/mol. The summed E-state index contributed by atoms with van der Waals surface area (Å²) in [6.45, 7) is 1.27. The maximum atomic E-state index is 10.9. The van der Waals surface area contributed by atoms with Crippen LogP contribution in [-0.4, -0.2) is 33.8 Å². The van der Waals surface area contributed by atoms with E-state index in [1.807, 2.05) is 0 Å². The van der Waals surface area contributed by atoms with E-state index in [0.29, 0.717) is 6.54 Å². The number of primary amides is 1. The van der Waals surface area contributed by atoms with E-state index in [-0.39, 0.29) is 11.8 Å². The van der Waals surface area contributed by atoms with Gasteiger partial charge in [-0.1, -0.05) is 0 Å². The highest BCUT2D eigenvalue weighted by Gasteiger charge is 2.27. The van der Waals surface area contributed by atoms with E-state index >= 15 is 0 Å². The van der Waals surface area contributed by atoms with Gasteiger partial charge >= 0.3 is 0 Å². The van der Waals surface area contributed by atoms with Gasteiger partial charge < -0.3 is 5.73 Å². The smallest absolute Gasteiger partial charge is 0.221 e. The number of amides is 1. The van der Waals surface area contributed by atoms with Crippen molar-refractivity contribution < 1.29 is 9.00 Å². The maximum Gasteiger partial charge on any atom is 0.221 e. The molecule has 1 amide bonds. The van der Waals surface area contributed by atoms with Gasteiger partial charge in [-0.25, -0.2) is 8.51 Å². The zero-order chi connectivity index (χ0) is 8.43. The topological polar surface area (TPSA) is 63.4 Å². The number of hydrogen-bond acceptors (Lipinski definition) is 2. The fourth-order valence-electron chi connectivity index (χ4n) is 1.19. The van der Waals surface area contributed by atoms with E-state index in [1.54, 1.807) is 10.6 Å². The first-order valence-electron chi connectivity index (χ1n) is 3.49. The summed E-state index contributed by atoms with van der Waals surface area (Å²) in [5.41, 5.74) is 5.10. The van der Waals surface area contributed by atoms with Gasteiger partial charge in [-0.2, -0.15) is 0 Å². The van der Waals surface area contributed by atoms with E-state index in [4.69, 9.17) is 5.73 Å². The molecule has 0 bridgehead atoms. The van der Waals surface area contributed by atoms with Crippen LogP contribution in [-0.2, 0) is 15.8 Å². The molecule has 0 aromatic heterocycles. The van der Waals surface area contributed by atoms with Crippen molar-refractivity contribution in [2.45, 2.75) is 6.42 Å². The van der Waals surface area contributed by atoms with Crippen LogP contribution in [0.25, 0.3) is 0 Å². The second-order valence-electron chi connectivity index (χ2n) is 2.70. The van der Waals surface area contributed by atoms with E-state index in [2.05, 4.69) is 0 Å². The molecule has 5 heteroatoms. The number of carbonyl (C=O) groups excluding carboxylic acids is 1. The fourth-order valence-corrected chi connectivity index (χ4v) is 1.95. The lowest BCUT2D eigenvalue weighted by molar-refractivity contribution is -0.121. The summed E-state index contributed by atoms with van der Waals surface area (Å²) in [5.74, 6) is -0.378. The molecule has 1 aliphatic rings. The number of nitrogens with zero attached hydrogens (tertiary/aromatic N) is 1. The van der Waals surface area contributed by atoms with Crippen molar-refractivity contribution in [1.82, 2.24) is 4.31 Å². The second kappa shape index (κ2) is 3.32. The van der Waals surface area contributed by atoms with Crippen molar-refractivity contribution >= 4 is 16.9 Å². The van der Waals surface area contributed by atoms with E-state index in [0.717, 1.165) is 13.0 Å². The highest BCUT2D eigenvalue weighted by Crippen LogP contribution is 2.16. The molecule has 2 unspecified atom stereocenters. The Kier molecular flexibility index (Phi) is 2.62. The molecule has 0 aliphatic carbocycles. The Bertz CT molecular complexity index is 175. The van der Waals surface area contributed by atoms with Crippen LogP contribution >= 0.6 is 0 Å². The molecule has 2 N–H and O–H groups in total. The van der Waals surface area contributed by atoms with E-state index in [9.17, 15) is 9.00 Å². The number of hydrogen-bond donors (Lipinski definition) is 1. The Hall–Kier alpha value is -0.420. The number of carbonyl (C=O) groups is 1. The Labute approximate surface area is 68.3 Å².